The predicted octanol–water partition coefficient (Wildman–Crippen LogP) is -0.330. The van der Waals surface area contributed by atoms with Gasteiger partial charge in [0.2, 0.25) is 0 Å². The van der Waals surface area contributed by atoms with Gasteiger partial charge in [0.15, 0.2) is 5.67 Å². The van der Waals surface area contributed by atoms with E-state index < -0.39 is 5.67 Å². The molecule has 0 radical (unpaired) electrons. The van der Waals surface area contributed by atoms with Crippen LogP contribution in [0.25, 0.3) is 0 Å². The molecule has 1 rings (SSSR count). The van der Waals surface area contributed by atoms with E-state index in [1.807, 2.05) is 11.2 Å². The van der Waals surface area contributed by atoms with Gasteiger partial charge in [0, 0.05) is 19.0 Å². The maximum atomic E-state index is 13.0. The van der Waals surface area contributed by atoms with Crippen molar-refractivity contribution in [2.24, 2.45) is 0 Å². The van der Waals surface area contributed by atoms with Crippen molar-refractivity contribution < 1.29 is 9.50 Å². The first-order valence-corrected chi connectivity index (χ1v) is 6.11. The fourth-order valence-electron chi connectivity index (χ4n) is 1.20. The minimum atomic E-state index is -1.34. The van der Waals surface area contributed by atoms with E-state index >= 15 is 0 Å². The van der Waals surface area contributed by atoms with Crippen LogP contribution in [-0.2, 0) is 20.6 Å². The second kappa shape index (κ2) is 3.43. The third kappa shape index (κ3) is 2.43. The molecule has 1 atom stereocenters. The standard InChI is InChI=1S/C6H12FNOS2/c1-11(10)5-8-2-6(7,3-8)4-9/h9H,2-5H2,1H3. The summed E-state index contributed by atoms with van der Waals surface area (Å²) >= 11 is 4.97. The monoisotopic (exact) mass is 197 g/mol. The molecule has 0 spiro atoms. The molecule has 1 heterocycles. The molecule has 1 saturated heterocycles. The van der Waals surface area contributed by atoms with E-state index in [1.165, 1.54) is 0 Å². The average Bonchev–Trinajstić information content (AvgIpc) is 1.83. The average molecular weight is 197 g/mol. The minimum absolute atomic E-state index is 0.0685. The normalized spacial score (nSPS) is 26.1. The molecular weight excluding hydrogens is 185 g/mol. The van der Waals surface area contributed by atoms with Gasteiger partial charge < -0.3 is 5.11 Å². The quantitative estimate of drug-likeness (QED) is 0.670. The van der Waals surface area contributed by atoms with Crippen molar-refractivity contribution in [3.8, 4) is 0 Å². The highest BCUT2D eigenvalue weighted by Gasteiger charge is 2.42. The SMILES string of the molecule is CS(=S)CN1CC(F)(CO)C1. The van der Waals surface area contributed by atoms with Gasteiger partial charge in [-0.15, -0.1) is 9.45 Å². The lowest BCUT2D eigenvalue weighted by Gasteiger charge is -2.43. The van der Waals surface area contributed by atoms with E-state index in [-0.39, 0.29) is 16.1 Å². The van der Waals surface area contributed by atoms with Gasteiger partial charge in [-0.3, -0.25) is 4.90 Å². The minimum Gasteiger partial charge on any atom is -0.393 e. The van der Waals surface area contributed by atoms with E-state index in [1.54, 1.807) is 0 Å². The van der Waals surface area contributed by atoms with Crippen LogP contribution in [0.3, 0.4) is 0 Å². The fourth-order valence-corrected chi connectivity index (χ4v) is 2.35. The van der Waals surface area contributed by atoms with E-state index in [2.05, 4.69) is 0 Å². The Bertz CT molecular complexity index is 170. The highest BCUT2D eigenvalue weighted by Crippen LogP contribution is 2.24. The predicted molar refractivity (Wildman–Crippen MR) is 48.0 cm³/mol. The van der Waals surface area contributed by atoms with Crippen LogP contribution in [0.15, 0.2) is 0 Å². The smallest absolute Gasteiger partial charge is 0.159 e. The van der Waals surface area contributed by atoms with Gasteiger partial charge in [-0.25, -0.2) is 4.39 Å². The molecule has 0 amide bonds. The number of rotatable bonds is 3. The molecule has 0 aromatic carbocycles. The molecule has 1 fully saturated rings. The van der Waals surface area contributed by atoms with E-state index in [4.69, 9.17) is 16.3 Å². The fraction of sp³-hybridized carbons (Fsp3) is 1.00. The van der Waals surface area contributed by atoms with Gasteiger partial charge in [0.1, 0.15) is 0 Å². The Kier molecular flexibility index (Phi) is 2.96. The topological polar surface area (TPSA) is 23.5 Å². The van der Waals surface area contributed by atoms with Gasteiger partial charge in [0.25, 0.3) is 0 Å². The molecule has 0 aromatic heterocycles. The first kappa shape index (κ1) is 9.51. The molecule has 11 heavy (non-hydrogen) atoms. The lowest BCUT2D eigenvalue weighted by molar-refractivity contribution is -0.0570. The van der Waals surface area contributed by atoms with Crippen LogP contribution in [0.5, 0.6) is 0 Å². The van der Waals surface area contributed by atoms with Crippen LogP contribution in [0.2, 0.25) is 0 Å². The van der Waals surface area contributed by atoms with Crippen LogP contribution >= 0.6 is 0 Å². The zero-order valence-electron chi connectivity index (χ0n) is 6.42. The Labute approximate surface area is 73.0 Å². The maximum absolute atomic E-state index is 13.0. The number of halogens is 1. The summed E-state index contributed by atoms with van der Waals surface area (Å²) in [6, 6.07) is 0. The van der Waals surface area contributed by atoms with E-state index in [9.17, 15) is 4.39 Å². The van der Waals surface area contributed by atoms with Crippen LogP contribution in [0, 0.1) is 0 Å². The number of aliphatic hydroxyl groups is 1. The number of likely N-dealkylation sites (tertiary alicyclic amines) is 1. The van der Waals surface area contributed by atoms with Crippen molar-refractivity contribution >= 4 is 20.6 Å². The molecule has 0 bridgehead atoms. The molecule has 0 aliphatic carbocycles. The van der Waals surface area contributed by atoms with Gasteiger partial charge in [-0.05, 0) is 6.26 Å². The molecule has 0 aromatic rings. The van der Waals surface area contributed by atoms with E-state index in [0.717, 1.165) is 5.88 Å². The van der Waals surface area contributed by atoms with E-state index in [0.29, 0.717) is 13.1 Å². The lowest BCUT2D eigenvalue weighted by atomic mass is 9.99. The van der Waals surface area contributed by atoms with Crippen LogP contribution in [0.4, 0.5) is 4.39 Å². The Morgan fingerprint density at radius 1 is 1.73 bits per heavy atom. The van der Waals surface area contributed by atoms with Gasteiger partial charge in [-0.2, -0.15) is 0 Å². The summed E-state index contributed by atoms with van der Waals surface area (Å²) in [5, 5.41) is 8.57. The Hall–Kier alpha value is 0.420. The molecule has 1 unspecified atom stereocenters. The third-order valence-electron chi connectivity index (χ3n) is 1.66. The maximum Gasteiger partial charge on any atom is 0.159 e. The van der Waals surface area contributed by atoms with Gasteiger partial charge >= 0.3 is 0 Å². The largest absolute Gasteiger partial charge is 0.393 e. The Balaban J connectivity index is 2.23. The lowest BCUT2D eigenvalue weighted by Crippen LogP contribution is -2.61. The molecule has 1 N–H and O–H groups in total. The van der Waals surface area contributed by atoms with Crippen LogP contribution in [0.1, 0.15) is 0 Å². The summed E-state index contributed by atoms with van der Waals surface area (Å²) in [6.45, 7) is 0.327. The summed E-state index contributed by atoms with van der Waals surface area (Å²) in [5.74, 6) is 0.779. The number of hydrogen-bond acceptors (Lipinski definition) is 3. The molecule has 66 valence electrons. The number of hydrogen-bond donors (Lipinski definition) is 1. The second-order valence-corrected chi connectivity index (χ2v) is 6.11. The molecule has 1 aliphatic heterocycles. The first-order valence-electron chi connectivity index (χ1n) is 3.38. The van der Waals surface area contributed by atoms with Crippen LogP contribution in [-0.4, -0.2) is 47.5 Å². The Morgan fingerprint density at radius 2 is 2.27 bits per heavy atom. The highest BCUT2D eigenvalue weighted by atomic mass is 32.8. The van der Waals surface area contributed by atoms with Crippen molar-refractivity contribution in [2.45, 2.75) is 5.67 Å². The third-order valence-corrected chi connectivity index (χ3v) is 2.71. The summed E-state index contributed by atoms with van der Waals surface area (Å²) in [5.41, 5.74) is -1.34. The van der Waals surface area contributed by atoms with Crippen molar-refractivity contribution in [3.05, 3.63) is 0 Å². The number of aliphatic hydroxyl groups excluding tert-OH is 1. The molecule has 0 saturated carbocycles. The summed E-state index contributed by atoms with van der Waals surface area (Å²) in [6.07, 6.45) is 1.95. The zero-order valence-corrected chi connectivity index (χ0v) is 8.05. The summed E-state index contributed by atoms with van der Waals surface area (Å²) in [7, 11) is -0.0685. The molecule has 2 nitrogen and oxygen atoms in total. The highest BCUT2D eigenvalue weighted by molar-refractivity contribution is 8.28. The molecule has 5 heteroatoms. The molecular formula is C6H12FNOS2. The van der Waals surface area contributed by atoms with Crippen molar-refractivity contribution in [2.75, 3.05) is 31.8 Å². The first-order chi connectivity index (χ1) is 5.06. The number of nitrogens with zero attached hydrogens (tertiary/aromatic N) is 1. The second-order valence-electron chi connectivity index (χ2n) is 3.00. The molecule has 1 aliphatic rings. The zero-order chi connectivity index (χ0) is 8.48. The van der Waals surface area contributed by atoms with Gasteiger partial charge in [0.05, 0.1) is 6.61 Å². The summed E-state index contributed by atoms with van der Waals surface area (Å²) < 4.78 is 13.0. The van der Waals surface area contributed by atoms with Crippen molar-refractivity contribution in [3.63, 3.8) is 0 Å². The van der Waals surface area contributed by atoms with Crippen molar-refractivity contribution in [1.29, 1.82) is 0 Å². The van der Waals surface area contributed by atoms with Crippen LogP contribution < -0.4 is 0 Å². The van der Waals surface area contributed by atoms with Gasteiger partial charge in [-0.1, -0.05) is 11.2 Å². The summed E-state index contributed by atoms with van der Waals surface area (Å²) in [4.78, 5) is 1.94. The Morgan fingerprint density at radius 3 is 2.64 bits per heavy atom. The number of alkyl halides is 1. The van der Waals surface area contributed by atoms with Crippen molar-refractivity contribution in [1.82, 2.24) is 4.90 Å².